The van der Waals surface area contributed by atoms with E-state index in [1.807, 2.05) is 19.2 Å². The lowest BCUT2D eigenvalue weighted by molar-refractivity contribution is -0.0882. The number of nitrogens with two attached hydrogens (primary N) is 1. The van der Waals surface area contributed by atoms with Crippen molar-refractivity contribution in [1.29, 1.82) is 0 Å². The molecule has 106 valence electrons. The van der Waals surface area contributed by atoms with Crippen molar-refractivity contribution in [2.24, 2.45) is 11.7 Å². The van der Waals surface area contributed by atoms with Crippen molar-refractivity contribution in [2.75, 3.05) is 13.2 Å². The first-order valence-corrected chi connectivity index (χ1v) is 7.36. The predicted octanol–water partition coefficient (Wildman–Crippen LogP) is 2.42. The van der Waals surface area contributed by atoms with Crippen LogP contribution in [0.25, 0.3) is 0 Å². The molecule has 2 N–H and O–H groups in total. The van der Waals surface area contributed by atoms with E-state index in [0.717, 1.165) is 30.8 Å². The minimum absolute atomic E-state index is 0.281. The van der Waals surface area contributed by atoms with Crippen LogP contribution in [0, 0.1) is 5.92 Å². The van der Waals surface area contributed by atoms with Gasteiger partial charge in [0.15, 0.2) is 5.82 Å². The molecule has 0 saturated heterocycles. The molecule has 1 aliphatic rings. The summed E-state index contributed by atoms with van der Waals surface area (Å²) in [6.07, 6.45) is 7.15. The Balaban J connectivity index is 2.29. The maximum Gasteiger partial charge on any atom is 0.160 e. The van der Waals surface area contributed by atoms with Gasteiger partial charge >= 0.3 is 0 Å². The third-order valence-corrected chi connectivity index (χ3v) is 3.90. The fourth-order valence-corrected chi connectivity index (χ4v) is 3.08. The Morgan fingerprint density at radius 1 is 1.53 bits per heavy atom. The lowest BCUT2D eigenvalue weighted by atomic mass is 9.78. The largest absolute Gasteiger partial charge is 0.367 e. The zero-order chi connectivity index (χ0) is 13.7. The quantitative estimate of drug-likeness (QED) is 0.886. The summed E-state index contributed by atoms with van der Waals surface area (Å²) in [5, 5.41) is 0. The molecule has 1 heterocycles. The van der Waals surface area contributed by atoms with Crippen molar-refractivity contribution in [1.82, 2.24) is 9.97 Å². The second-order valence-electron chi connectivity index (χ2n) is 5.54. The Labute approximate surface area is 115 Å². The number of hydrogen-bond donors (Lipinski definition) is 1. The van der Waals surface area contributed by atoms with Crippen LogP contribution in [-0.4, -0.2) is 23.1 Å². The molecule has 0 radical (unpaired) electrons. The molecule has 2 unspecified atom stereocenters. The third kappa shape index (κ3) is 3.31. The smallest absolute Gasteiger partial charge is 0.160 e. The summed E-state index contributed by atoms with van der Waals surface area (Å²) in [6.45, 7) is 5.66. The van der Waals surface area contributed by atoms with E-state index in [2.05, 4.69) is 11.9 Å². The van der Waals surface area contributed by atoms with Gasteiger partial charge in [-0.3, -0.25) is 0 Å². The highest BCUT2D eigenvalue weighted by molar-refractivity contribution is 5.10. The van der Waals surface area contributed by atoms with Gasteiger partial charge in [-0.1, -0.05) is 13.3 Å². The first-order chi connectivity index (χ1) is 9.20. The van der Waals surface area contributed by atoms with E-state index in [1.54, 1.807) is 0 Å². The summed E-state index contributed by atoms with van der Waals surface area (Å²) in [4.78, 5) is 9.19. The second-order valence-corrected chi connectivity index (χ2v) is 5.54. The molecule has 1 aromatic heterocycles. The number of ether oxygens (including phenoxy) is 1. The van der Waals surface area contributed by atoms with E-state index in [4.69, 9.17) is 15.5 Å². The number of hydrogen-bond acceptors (Lipinski definition) is 4. The molecule has 2 rings (SSSR count). The minimum atomic E-state index is -0.281. The molecule has 19 heavy (non-hydrogen) atoms. The standard InChI is InChI=1S/C15H25N3O/c1-3-19-15(8-4-5-12(2)11-15)14-17-10-7-13(18-14)6-9-16/h7,10,12H,3-6,8-9,11,16H2,1-2H3. The Morgan fingerprint density at radius 2 is 2.37 bits per heavy atom. The fraction of sp³-hybridized carbons (Fsp3) is 0.733. The molecule has 2 atom stereocenters. The monoisotopic (exact) mass is 263 g/mol. The molecule has 4 nitrogen and oxygen atoms in total. The van der Waals surface area contributed by atoms with Gasteiger partial charge in [-0.25, -0.2) is 9.97 Å². The van der Waals surface area contributed by atoms with Crippen molar-refractivity contribution >= 4 is 0 Å². The molecular formula is C15H25N3O. The first kappa shape index (κ1) is 14.4. The highest BCUT2D eigenvalue weighted by atomic mass is 16.5. The van der Waals surface area contributed by atoms with E-state index >= 15 is 0 Å². The fourth-order valence-electron chi connectivity index (χ4n) is 3.08. The Kier molecular flexibility index (Phi) is 4.88. The lowest BCUT2D eigenvalue weighted by Crippen LogP contribution is -2.37. The van der Waals surface area contributed by atoms with E-state index < -0.39 is 0 Å². The van der Waals surface area contributed by atoms with Gasteiger partial charge in [-0.2, -0.15) is 0 Å². The Bertz CT molecular complexity index is 406. The van der Waals surface area contributed by atoms with Gasteiger partial charge in [0, 0.05) is 24.9 Å². The number of rotatable bonds is 5. The summed E-state index contributed by atoms with van der Waals surface area (Å²) in [7, 11) is 0. The zero-order valence-electron chi connectivity index (χ0n) is 12.1. The normalized spacial score (nSPS) is 27.4. The van der Waals surface area contributed by atoms with Crippen molar-refractivity contribution < 1.29 is 4.74 Å². The maximum absolute atomic E-state index is 6.10. The Morgan fingerprint density at radius 3 is 3.05 bits per heavy atom. The molecule has 1 aromatic rings. The van der Waals surface area contributed by atoms with Crippen molar-refractivity contribution in [3.63, 3.8) is 0 Å². The number of nitrogens with zero attached hydrogens (tertiary/aromatic N) is 2. The molecular weight excluding hydrogens is 238 g/mol. The summed E-state index contributed by atoms with van der Waals surface area (Å²) in [5.74, 6) is 1.52. The van der Waals surface area contributed by atoms with Crippen LogP contribution in [0.5, 0.6) is 0 Å². The molecule has 1 saturated carbocycles. The van der Waals surface area contributed by atoms with Gasteiger partial charge in [0.2, 0.25) is 0 Å². The van der Waals surface area contributed by atoms with Crippen LogP contribution >= 0.6 is 0 Å². The van der Waals surface area contributed by atoms with Gasteiger partial charge in [0.05, 0.1) is 0 Å². The third-order valence-electron chi connectivity index (χ3n) is 3.90. The van der Waals surface area contributed by atoms with Gasteiger partial charge in [-0.15, -0.1) is 0 Å². The van der Waals surface area contributed by atoms with E-state index in [0.29, 0.717) is 19.1 Å². The summed E-state index contributed by atoms with van der Waals surface area (Å²) in [5.41, 5.74) is 6.35. The van der Waals surface area contributed by atoms with Crippen LogP contribution in [-0.2, 0) is 16.8 Å². The first-order valence-electron chi connectivity index (χ1n) is 7.36. The molecule has 4 heteroatoms. The van der Waals surface area contributed by atoms with Crippen LogP contribution in [0.4, 0.5) is 0 Å². The lowest BCUT2D eigenvalue weighted by Gasteiger charge is -2.38. The number of aromatic nitrogens is 2. The molecule has 0 spiro atoms. The van der Waals surface area contributed by atoms with Gasteiger partial charge in [0.25, 0.3) is 0 Å². The van der Waals surface area contributed by atoms with Crippen LogP contribution in [0.3, 0.4) is 0 Å². The highest BCUT2D eigenvalue weighted by Gasteiger charge is 2.39. The second kappa shape index (κ2) is 6.44. The van der Waals surface area contributed by atoms with Gasteiger partial charge in [-0.05, 0) is 44.7 Å². The summed E-state index contributed by atoms with van der Waals surface area (Å²) < 4.78 is 6.10. The molecule has 1 fully saturated rings. The van der Waals surface area contributed by atoms with Crippen LogP contribution in [0.2, 0.25) is 0 Å². The van der Waals surface area contributed by atoms with Crippen LogP contribution in [0.15, 0.2) is 12.3 Å². The molecule has 0 bridgehead atoms. The van der Waals surface area contributed by atoms with Gasteiger partial charge in [0.1, 0.15) is 5.60 Å². The van der Waals surface area contributed by atoms with Crippen molar-refractivity contribution in [3.8, 4) is 0 Å². The predicted molar refractivity (Wildman–Crippen MR) is 75.7 cm³/mol. The van der Waals surface area contributed by atoms with Crippen molar-refractivity contribution in [3.05, 3.63) is 23.8 Å². The average Bonchev–Trinajstić information content (AvgIpc) is 2.40. The maximum atomic E-state index is 6.10. The SMILES string of the molecule is CCOC1(c2nccc(CCN)n2)CCCC(C)C1. The van der Waals surface area contributed by atoms with Gasteiger partial charge < -0.3 is 10.5 Å². The zero-order valence-corrected chi connectivity index (χ0v) is 12.1. The summed E-state index contributed by atoms with van der Waals surface area (Å²) >= 11 is 0. The van der Waals surface area contributed by atoms with E-state index in [9.17, 15) is 0 Å². The molecule has 0 aliphatic heterocycles. The summed E-state index contributed by atoms with van der Waals surface area (Å²) in [6, 6.07) is 1.95. The van der Waals surface area contributed by atoms with Crippen molar-refractivity contribution in [2.45, 2.75) is 51.6 Å². The topological polar surface area (TPSA) is 61.0 Å². The van der Waals surface area contributed by atoms with E-state index in [1.165, 1.54) is 12.8 Å². The molecule has 1 aliphatic carbocycles. The van der Waals surface area contributed by atoms with Crippen LogP contribution < -0.4 is 5.73 Å². The average molecular weight is 263 g/mol. The van der Waals surface area contributed by atoms with E-state index in [-0.39, 0.29) is 5.60 Å². The van der Waals surface area contributed by atoms with Crippen LogP contribution in [0.1, 0.15) is 51.0 Å². The highest BCUT2D eigenvalue weighted by Crippen LogP contribution is 2.41. The molecule has 0 aromatic carbocycles. The minimum Gasteiger partial charge on any atom is -0.367 e. The Hall–Kier alpha value is -1.00. The molecule has 0 amide bonds.